The molecule has 5 rings (SSSR count). The van der Waals surface area contributed by atoms with E-state index < -0.39 is 11.2 Å². The first-order valence-corrected chi connectivity index (χ1v) is 13.7. The maximum Gasteiger partial charge on any atom is 0.331 e. The Hall–Kier alpha value is -4.86. The predicted octanol–water partition coefficient (Wildman–Crippen LogP) is 3.58. The number of ether oxygens (including phenoxy) is 2. The van der Waals surface area contributed by atoms with E-state index in [4.69, 9.17) is 9.47 Å². The van der Waals surface area contributed by atoms with Crippen molar-refractivity contribution in [2.45, 2.75) is 52.2 Å². The van der Waals surface area contributed by atoms with Crippen LogP contribution in [0.5, 0.6) is 11.5 Å². The molecule has 0 atom stereocenters. The first-order valence-electron chi connectivity index (χ1n) is 13.7. The highest BCUT2D eigenvalue weighted by Gasteiger charge is 2.16. The molecule has 10 heteroatoms. The van der Waals surface area contributed by atoms with Gasteiger partial charge in [0.05, 0.1) is 10.9 Å². The van der Waals surface area contributed by atoms with Crippen LogP contribution < -0.4 is 31.4 Å². The Labute approximate surface area is 236 Å². The number of aromatic nitrogens is 2. The molecule has 212 valence electrons. The lowest BCUT2D eigenvalue weighted by atomic mass is 10.1. The summed E-state index contributed by atoms with van der Waals surface area (Å²) in [5.74, 6) is 0.845. The van der Waals surface area contributed by atoms with Gasteiger partial charge in [-0.05, 0) is 66.8 Å². The van der Waals surface area contributed by atoms with Crippen LogP contribution >= 0.6 is 0 Å². The van der Waals surface area contributed by atoms with Gasteiger partial charge in [-0.3, -0.25) is 23.5 Å². The molecule has 0 saturated carbocycles. The van der Waals surface area contributed by atoms with Crippen molar-refractivity contribution in [3.8, 4) is 11.5 Å². The fourth-order valence-electron chi connectivity index (χ4n) is 4.78. The number of amides is 2. The summed E-state index contributed by atoms with van der Waals surface area (Å²) < 4.78 is 13.1. The zero-order chi connectivity index (χ0) is 28.8. The molecule has 41 heavy (non-hydrogen) atoms. The fourth-order valence-corrected chi connectivity index (χ4v) is 4.78. The summed E-state index contributed by atoms with van der Waals surface area (Å²) in [6.45, 7) is 2.50. The van der Waals surface area contributed by atoms with Crippen LogP contribution in [0.3, 0.4) is 0 Å². The van der Waals surface area contributed by atoms with Crippen LogP contribution in [0.4, 0.5) is 5.69 Å². The lowest BCUT2D eigenvalue weighted by Crippen LogP contribution is -2.41. The number of para-hydroxylation sites is 1. The normalized spacial score (nSPS) is 11.9. The van der Waals surface area contributed by atoms with Crippen molar-refractivity contribution in [3.05, 3.63) is 98.7 Å². The largest absolute Gasteiger partial charge is 0.454 e. The smallest absolute Gasteiger partial charge is 0.331 e. The molecule has 0 fully saturated rings. The highest BCUT2D eigenvalue weighted by Crippen LogP contribution is 2.32. The van der Waals surface area contributed by atoms with Crippen LogP contribution in [0.2, 0.25) is 0 Å². The molecule has 0 bridgehead atoms. The molecule has 4 aromatic rings. The van der Waals surface area contributed by atoms with Gasteiger partial charge in [0.15, 0.2) is 11.5 Å². The molecule has 2 heterocycles. The number of aryl methyl sites for hydroxylation is 1. The summed E-state index contributed by atoms with van der Waals surface area (Å²) in [5, 5.41) is 6.06. The second-order valence-electron chi connectivity index (χ2n) is 9.86. The number of carbonyl (C=O) groups is 2. The Kier molecular flexibility index (Phi) is 8.47. The van der Waals surface area contributed by atoms with E-state index in [0.29, 0.717) is 47.5 Å². The second-order valence-corrected chi connectivity index (χ2v) is 9.86. The number of benzene rings is 3. The second kappa shape index (κ2) is 12.5. The van der Waals surface area contributed by atoms with Crippen LogP contribution in [-0.4, -0.2) is 27.7 Å². The maximum absolute atomic E-state index is 13.4. The lowest BCUT2D eigenvalue weighted by Gasteiger charge is -2.14. The minimum absolute atomic E-state index is 0.130. The molecule has 0 radical (unpaired) electrons. The van der Waals surface area contributed by atoms with Crippen molar-refractivity contribution in [2.24, 2.45) is 0 Å². The molecule has 0 saturated heterocycles. The van der Waals surface area contributed by atoms with E-state index in [-0.39, 0.29) is 38.1 Å². The molecular formula is C31H32N4O6. The Morgan fingerprint density at radius 3 is 2.41 bits per heavy atom. The van der Waals surface area contributed by atoms with E-state index in [1.54, 1.807) is 24.3 Å². The zero-order valence-electron chi connectivity index (χ0n) is 22.9. The molecule has 1 aliphatic heterocycles. The highest BCUT2D eigenvalue weighted by atomic mass is 16.7. The Balaban J connectivity index is 1.21. The summed E-state index contributed by atoms with van der Waals surface area (Å²) in [6, 6.07) is 19.8. The van der Waals surface area contributed by atoms with Crippen LogP contribution in [0.15, 0.2) is 76.3 Å². The summed E-state index contributed by atoms with van der Waals surface area (Å²) in [4.78, 5) is 51.8. The number of anilines is 1. The van der Waals surface area contributed by atoms with Gasteiger partial charge in [0.25, 0.3) is 5.56 Å². The minimum atomic E-state index is -0.558. The van der Waals surface area contributed by atoms with Gasteiger partial charge >= 0.3 is 5.69 Å². The summed E-state index contributed by atoms with van der Waals surface area (Å²) >= 11 is 0. The number of hydrogen-bond acceptors (Lipinski definition) is 6. The third-order valence-electron chi connectivity index (χ3n) is 7.04. The summed E-state index contributed by atoms with van der Waals surface area (Å²) in [7, 11) is 0. The van der Waals surface area contributed by atoms with Crippen molar-refractivity contribution < 1.29 is 19.1 Å². The molecule has 2 amide bonds. The van der Waals surface area contributed by atoms with E-state index >= 15 is 0 Å². The van der Waals surface area contributed by atoms with Gasteiger partial charge in [-0.2, -0.15) is 0 Å². The van der Waals surface area contributed by atoms with Crippen molar-refractivity contribution in [3.63, 3.8) is 0 Å². The number of unbranched alkanes of at least 4 members (excludes halogenated alkanes) is 1. The molecular weight excluding hydrogens is 524 g/mol. The van der Waals surface area contributed by atoms with Crippen molar-refractivity contribution in [1.29, 1.82) is 0 Å². The third-order valence-corrected chi connectivity index (χ3v) is 7.04. The highest BCUT2D eigenvalue weighted by molar-refractivity contribution is 5.91. The quantitative estimate of drug-likeness (QED) is 0.273. The molecule has 0 spiro atoms. The van der Waals surface area contributed by atoms with Gasteiger partial charge in [-0.25, -0.2) is 4.79 Å². The van der Waals surface area contributed by atoms with Crippen LogP contribution in [-0.2, 0) is 35.6 Å². The Bertz CT molecular complexity index is 1690. The summed E-state index contributed by atoms with van der Waals surface area (Å²) in [6.07, 6.45) is 2.07. The van der Waals surface area contributed by atoms with Gasteiger partial charge in [-0.15, -0.1) is 0 Å². The monoisotopic (exact) mass is 556 g/mol. The number of hydrogen-bond donors (Lipinski definition) is 2. The fraction of sp³-hybridized carbons (Fsp3) is 0.290. The number of nitrogens with zero attached hydrogens (tertiary/aromatic N) is 2. The Morgan fingerprint density at radius 2 is 1.61 bits per heavy atom. The number of carbonyl (C=O) groups excluding carboxylic acids is 2. The van der Waals surface area contributed by atoms with Crippen molar-refractivity contribution in [1.82, 2.24) is 14.5 Å². The van der Waals surface area contributed by atoms with Gasteiger partial charge in [0.1, 0.15) is 6.54 Å². The zero-order valence-corrected chi connectivity index (χ0v) is 22.9. The number of nitrogens with one attached hydrogen (secondary N) is 2. The first kappa shape index (κ1) is 27.7. The molecule has 0 unspecified atom stereocenters. The van der Waals surface area contributed by atoms with Gasteiger partial charge in [-0.1, -0.05) is 37.3 Å². The van der Waals surface area contributed by atoms with Crippen molar-refractivity contribution in [2.75, 3.05) is 12.1 Å². The average molecular weight is 557 g/mol. The number of fused-ring (bicyclic) bond motifs is 2. The van der Waals surface area contributed by atoms with Gasteiger partial charge in [0, 0.05) is 25.2 Å². The van der Waals surface area contributed by atoms with E-state index in [1.165, 1.54) is 4.57 Å². The Morgan fingerprint density at radius 1 is 0.854 bits per heavy atom. The summed E-state index contributed by atoms with van der Waals surface area (Å²) in [5.41, 5.74) is 2.11. The standard InChI is InChI=1S/C31H32N4O6/c1-2-21-10-13-23(14-11-21)33-29(37)19-35-25-8-4-3-7-24(25)30(38)34(31(35)39)16-6-5-9-28(36)32-18-22-12-15-26-27(17-22)41-20-40-26/h3-4,7-8,10-15,17H,2,5-6,9,16,18-20H2,1H3,(H,32,36)(H,33,37). The minimum Gasteiger partial charge on any atom is -0.454 e. The van der Waals surface area contributed by atoms with Crippen LogP contribution in [0.1, 0.15) is 37.3 Å². The van der Waals surface area contributed by atoms with E-state index in [0.717, 1.165) is 22.1 Å². The van der Waals surface area contributed by atoms with Crippen molar-refractivity contribution >= 4 is 28.4 Å². The molecule has 10 nitrogen and oxygen atoms in total. The van der Waals surface area contributed by atoms with Crippen LogP contribution in [0.25, 0.3) is 10.9 Å². The molecule has 0 aliphatic carbocycles. The SMILES string of the molecule is CCc1ccc(NC(=O)Cn2c(=O)n(CCCCC(=O)NCc3ccc4c(c3)OCO4)c(=O)c3ccccc32)cc1. The average Bonchev–Trinajstić information content (AvgIpc) is 3.46. The molecule has 2 N–H and O–H groups in total. The predicted molar refractivity (Wildman–Crippen MR) is 155 cm³/mol. The van der Waals surface area contributed by atoms with E-state index in [2.05, 4.69) is 17.6 Å². The lowest BCUT2D eigenvalue weighted by molar-refractivity contribution is -0.121. The topological polar surface area (TPSA) is 121 Å². The maximum atomic E-state index is 13.4. The third kappa shape index (κ3) is 6.49. The molecule has 1 aromatic heterocycles. The molecule has 3 aromatic carbocycles. The van der Waals surface area contributed by atoms with Gasteiger partial charge in [0.2, 0.25) is 18.6 Å². The van der Waals surface area contributed by atoms with E-state index in [9.17, 15) is 19.2 Å². The van der Waals surface area contributed by atoms with Gasteiger partial charge < -0.3 is 20.1 Å². The van der Waals surface area contributed by atoms with Crippen LogP contribution in [0, 0.1) is 0 Å². The molecule has 1 aliphatic rings. The first-order chi connectivity index (χ1) is 19.9. The number of rotatable bonds is 11. The van der Waals surface area contributed by atoms with E-state index in [1.807, 2.05) is 42.5 Å².